The smallest absolute Gasteiger partial charge is 0.251 e. The molecule has 7 nitrogen and oxygen atoms in total. The lowest BCUT2D eigenvalue weighted by molar-refractivity contribution is 0.0945. The second-order valence-electron chi connectivity index (χ2n) is 9.62. The standard InChI is InChI=1S/C29H29N5O2/c1-19(2)25-15-21(17-30)16-26-27(25)36-29(33-26)23-5-3-22(4-6-23)28(35)32-18-20-9-13-34(14-10-20)24-7-11-31-12-8-24/h3-8,11-12,15-16,19-20H,9-10,13-14,18H2,1-2H3,(H,32,35). The van der Waals surface area contributed by atoms with Crippen molar-refractivity contribution in [2.45, 2.75) is 32.6 Å². The van der Waals surface area contributed by atoms with Crippen LogP contribution in [-0.2, 0) is 0 Å². The predicted octanol–water partition coefficient (Wildman–Crippen LogP) is 5.53. The number of hydrogen-bond acceptors (Lipinski definition) is 6. The highest BCUT2D eigenvalue weighted by atomic mass is 16.3. The zero-order chi connectivity index (χ0) is 25.1. The van der Waals surface area contributed by atoms with Gasteiger partial charge in [-0.1, -0.05) is 13.8 Å². The molecule has 1 amide bonds. The molecule has 0 saturated carbocycles. The number of aromatic nitrogens is 2. The number of carbonyl (C=O) groups excluding carboxylic acids is 1. The molecule has 1 fully saturated rings. The van der Waals surface area contributed by atoms with E-state index < -0.39 is 0 Å². The van der Waals surface area contributed by atoms with Crippen molar-refractivity contribution in [2.75, 3.05) is 24.5 Å². The van der Waals surface area contributed by atoms with Gasteiger partial charge < -0.3 is 14.6 Å². The Morgan fingerprint density at radius 1 is 1.14 bits per heavy atom. The second-order valence-corrected chi connectivity index (χ2v) is 9.62. The first kappa shape index (κ1) is 23.6. The number of nitrogens with zero attached hydrogens (tertiary/aromatic N) is 4. The van der Waals surface area contributed by atoms with Crippen LogP contribution in [0.5, 0.6) is 0 Å². The molecule has 1 aliphatic rings. The van der Waals surface area contributed by atoms with Crippen LogP contribution in [0.1, 0.15) is 54.1 Å². The molecular formula is C29H29N5O2. The molecule has 0 radical (unpaired) electrons. The summed E-state index contributed by atoms with van der Waals surface area (Å²) in [5, 5.41) is 12.4. The molecule has 7 heteroatoms. The fourth-order valence-corrected chi connectivity index (χ4v) is 4.73. The van der Waals surface area contributed by atoms with Crippen LogP contribution in [0.4, 0.5) is 5.69 Å². The van der Waals surface area contributed by atoms with Gasteiger partial charge in [0.15, 0.2) is 5.58 Å². The molecule has 4 aromatic rings. The summed E-state index contributed by atoms with van der Waals surface area (Å²) in [6.45, 7) is 6.77. The van der Waals surface area contributed by atoms with Gasteiger partial charge in [0.2, 0.25) is 5.89 Å². The number of pyridine rings is 1. The summed E-state index contributed by atoms with van der Waals surface area (Å²) in [6.07, 6.45) is 5.74. The van der Waals surface area contributed by atoms with Gasteiger partial charge in [-0.25, -0.2) is 4.98 Å². The van der Waals surface area contributed by atoms with Gasteiger partial charge >= 0.3 is 0 Å². The maximum Gasteiger partial charge on any atom is 0.251 e. The molecule has 0 spiro atoms. The van der Waals surface area contributed by atoms with E-state index in [2.05, 4.69) is 40.1 Å². The van der Waals surface area contributed by atoms with E-state index in [-0.39, 0.29) is 11.8 Å². The van der Waals surface area contributed by atoms with Crippen molar-refractivity contribution >= 4 is 22.7 Å². The minimum absolute atomic E-state index is 0.0727. The van der Waals surface area contributed by atoms with Crippen molar-refractivity contribution in [3.63, 3.8) is 0 Å². The molecule has 5 rings (SSSR count). The van der Waals surface area contributed by atoms with Gasteiger partial charge in [-0.15, -0.1) is 0 Å². The number of nitriles is 1. The number of amides is 1. The topological polar surface area (TPSA) is 95.0 Å². The summed E-state index contributed by atoms with van der Waals surface area (Å²) in [5.41, 5.74) is 5.52. The van der Waals surface area contributed by atoms with Crippen molar-refractivity contribution in [3.8, 4) is 17.5 Å². The Morgan fingerprint density at radius 2 is 1.86 bits per heavy atom. The monoisotopic (exact) mass is 479 g/mol. The Hall–Kier alpha value is -4.18. The van der Waals surface area contributed by atoms with Gasteiger partial charge in [-0.3, -0.25) is 9.78 Å². The van der Waals surface area contributed by atoms with E-state index in [0.29, 0.717) is 40.6 Å². The molecule has 0 atom stereocenters. The quantitative estimate of drug-likeness (QED) is 0.391. The lowest BCUT2D eigenvalue weighted by Crippen LogP contribution is -2.38. The molecule has 1 saturated heterocycles. The number of anilines is 1. The second kappa shape index (κ2) is 10.2. The Bertz CT molecular complexity index is 1400. The summed E-state index contributed by atoms with van der Waals surface area (Å²) in [5.74, 6) is 1.08. The fraction of sp³-hybridized carbons (Fsp3) is 0.310. The number of piperidine rings is 1. The number of benzene rings is 2. The Morgan fingerprint density at radius 3 is 2.53 bits per heavy atom. The van der Waals surface area contributed by atoms with Crippen LogP contribution in [-0.4, -0.2) is 35.5 Å². The number of hydrogen-bond donors (Lipinski definition) is 1. The third-order valence-electron chi connectivity index (χ3n) is 6.86. The highest BCUT2D eigenvalue weighted by Crippen LogP contribution is 2.31. The SMILES string of the molecule is CC(C)c1cc(C#N)cc2nc(-c3ccc(C(=O)NCC4CCN(c5ccncc5)CC4)cc3)oc12. The van der Waals surface area contributed by atoms with Crippen LogP contribution in [0.3, 0.4) is 0 Å². The maximum atomic E-state index is 12.8. The van der Waals surface area contributed by atoms with Gasteiger partial charge in [-0.05, 0) is 73.2 Å². The average molecular weight is 480 g/mol. The number of rotatable bonds is 6. The van der Waals surface area contributed by atoms with Gasteiger partial charge in [-0.2, -0.15) is 5.26 Å². The molecule has 0 unspecified atom stereocenters. The van der Waals surface area contributed by atoms with Crippen molar-refractivity contribution in [1.29, 1.82) is 5.26 Å². The van der Waals surface area contributed by atoms with Gasteiger partial charge in [0.05, 0.1) is 11.6 Å². The van der Waals surface area contributed by atoms with E-state index in [1.165, 1.54) is 5.69 Å². The third kappa shape index (κ3) is 4.94. The molecule has 0 bridgehead atoms. The predicted molar refractivity (Wildman–Crippen MR) is 140 cm³/mol. The third-order valence-corrected chi connectivity index (χ3v) is 6.86. The first-order chi connectivity index (χ1) is 17.5. The van der Waals surface area contributed by atoms with Crippen LogP contribution in [0, 0.1) is 17.2 Å². The zero-order valence-corrected chi connectivity index (χ0v) is 20.6. The highest BCUT2D eigenvalue weighted by Gasteiger charge is 2.20. The Labute approximate surface area is 210 Å². The first-order valence-electron chi connectivity index (χ1n) is 12.4. The average Bonchev–Trinajstić information content (AvgIpc) is 3.36. The highest BCUT2D eigenvalue weighted by molar-refractivity contribution is 5.94. The van der Waals surface area contributed by atoms with E-state index in [1.54, 1.807) is 18.2 Å². The number of fused-ring (bicyclic) bond motifs is 1. The molecule has 1 N–H and O–H groups in total. The van der Waals surface area contributed by atoms with E-state index >= 15 is 0 Å². The fourth-order valence-electron chi connectivity index (χ4n) is 4.73. The van der Waals surface area contributed by atoms with Crippen LogP contribution < -0.4 is 10.2 Å². The summed E-state index contributed by atoms with van der Waals surface area (Å²) < 4.78 is 6.09. The van der Waals surface area contributed by atoms with Gasteiger partial charge in [0.25, 0.3) is 5.91 Å². The van der Waals surface area contributed by atoms with Crippen molar-refractivity contribution in [2.24, 2.45) is 5.92 Å². The normalized spacial score (nSPS) is 14.2. The van der Waals surface area contributed by atoms with E-state index in [4.69, 9.17) is 4.42 Å². The molecular weight excluding hydrogens is 450 g/mol. The lowest BCUT2D eigenvalue weighted by atomic mass is 9.96. The summed E-state index contributed by atoms with van der Waals surface area (Å²) in [7, 11) is 0. The molecule has 1 aliphatic heterocycles. The maximum absolute atomic E-state index is 12.8. The minimum atomic E-state index is -0.0727. The first-order valence-corrected chi connectivity index (χ1v) is 12.4. The summed E-state index contributed by atoms with van der Waals surface area (Å²) in [6, 6.07) is 17.2. The van der Waals surface area contributed by atoms with Crippen LogP contribution in [0.2, 0.25) is 0 Å². The minimum Gasteiger partial charge on any atom is -0.436 e. The Balaban J connectivity index is 1.21. The number of nitrogens with one attached hydrogen (secondary N) is 1. The largest absolute Gasteiger partial charge is 0.436 e. The number of carbonyl (C=O) groups is 1. The lowest BCUT2D eigenvalue weighted by Gasteiger charge is -2.33. The molecule has 3 heterocycles. The molecule has 182 valence electrons. The van der Waals surface area contributed by atoms with Crippen molar-refractivity contribution in [3.05, 3.63) is 77.6 Å². The van der Waals surface area contributed by atoms with Crippen LogP contribution in [0.15, 0.2) is 65.3 Å². The van der Waals surface area contributed by atoms with Gasteiger partial charge in [0.1, 0.15) is 5.52 Å². The summed E-state index contributed by atoms with van der Waals surface area (Å²) >= 11 is 0. The zero-order valence-electron chi connectivity index (χ0n) is 20.6. The van der Waals surface area contributed by atoms with E-state index in [9.17, 15) is 10.1 Å². The van der Waals surface area contributed by atoms with E-state index in [0.717, 1.165) is 37.1 Å². The van der Waals surface area contributed by atoms with Crippen LogP contribution >= 0.6 is 0 Å². The summed E-state index contributed by atoms with van der Waals surface area (Å²) in [4.78, 5) is 23.8. The molecule has 36 heavy (non-hydrogen) atoms. The van der Waals surface area contributed by atoms with E-state index in [1.807, 2.05) is 42.7 Å². The Kier molecular flexibility index (Phi) is 6.68. The molecule has 2 aromatic carbocycles. The van der Waals surface area contributed by atoms with Crippen molar-refractivity contribution in [1.82, 2.24) is 15.3 Å². The molecule has 0 aliphatic carbocycles. The van der Waals surface area contributed by atoms with Gasteiger partial charge in [0, 0.05) is 54.4 Å². The van der Waals surface area contributed by atoms with Crippen LogP contribution in [0.25, 0.3) is 22.6 Å². The number of oxazole rings is 1. The van der Waals surface area contributed by atoms with Crippen molar-refractivity contribution < 1.29 is 9.21 Å². The molecule has 2 aromatic heterocycles.